The smallest absolute Gasteiger partial charge is 0.328 e. The zero-order chi connectivity index (χ0) is 14.8. The van der Waals surface area contributed by atoms with E-state index in [0.29, 0.717) is 16.7 Å². The van der Waals surface area contributed by atoms with Crippen LogP contribution in [-0.2, 0) is 0 Å². The van der Waals surface area contributed by atoms with E-state index in [4.69, 9.17) is 27.9 Å². The lowest BCUT2D eigenvalue weighted by atomic mass is 10.2. The van der Waals surface area contributed by atoms with Crippen LogP contribution in [-0.4, -0.2) is 24.5 Å². The van der Waals surface area contributed by atoms with E-state index in [0.717, 1.165) is 5.56 Å². The third-order valence-corrected chi connectivity index (χ3v) is 3.08. The summed E-state index contributed by atoms with van der Waals surface area (Å²) in [5.41, 5.74) is 1.00. The Morgan fingerprint density at radius 1 is 1.14 bits per heavy atom. The molecule has 0 atom stereocenters. The van der Waals surface area contributed by atoms with E-state index in [-0.39, 0.29) is 11.3 Å². The van der Waals surface area contributed by atoms with Gasteiger partial charge in [0.2, 0.25) is 11.2 Å². The Labute approximate surface area is 130 Å². The second-order valence-corrected chi connectivity index (χ2v) is 4.94. The summed E-state index contributed by atoms with van der Waals surface area (Å²) < 4.78 is 7.19. The van der Waals surface area contributed by atoms with E-state index in [1.54, 1.807) is 35.4 Å². The second kappa shape index (κ2) is 5.67. The fourth-order valence-electron chi connectivity index (χ4n) is 1.65. The first-order valence-electron chi connectivity index (χ1n) is 5.96. The summed E-state index contributed by atoms with van der Waals surface area (Å²) in [5.74, 6) is 0.766. The van der Waals surface area contributed by atoms with Crippen molar-refractivity contribution in [3.05, 3.63) is 52.8 Å². The van der Waals surface area contributed by atoms with Crippen molar-refractivity contribution in [2.75, 3.05) is 0 Å². The van der Waals surface area contributed by atoms with E-state index in [1.807, 2.05) is 13.0 Å². The number of hydrogen-bond acceptors (Lipinski definition) is 5. The summed E-state index contributed by atoms with van der Waals surface area (Å²) >= 11 is 12.0. The summed E-state index contributed by atoms with van der Waals surface area (Å²) in [5, 5.41) is 0.480. The van der Waals surface area contributed by atoms with Crippen molar-refractivity contribution >= 4 is 23.2 Å². The average molecular weight is 322 g/mol. The molecule has 8 heteroatoms. The third kappa shape index (κ3) is 3.12. The monoisotopic (exact) mass is 321 g/mol. The van der Waals surface area contributed by atoms with Crippen molar-refractivity contribution in [2.45, 2.75) is 6.92 Å². The number of aromatic nitrogens is 5. The van der Waals surface area contributed by atoms with Gasteiger partial charge in [0.1, 0.15) is 12.1 Å². The predicted molar refractivity (Wildman–Crippen MR) is 78.2 cm³/mol. The Bertz CT molecular complexity index is 776. The van der Waals surface area contributed by atoms with Gasteiger partial charge in [-0.15, -0.1) is 0 Å². The third-order valence-electron chi connectivity index (χ3n) is 2.60. The fraction of sp³-hybridized carbons (Fsp3) is 0.0769. The van der Waals surface area contributed by atoms with Crippen LogP contribution < -0.4 is 4.74 Å². The van der Waals surface area contributed by atoms with Gasteiger partial charge in [0.05, 0.1) is 5.02 Å². The largest absolute Gasteiger partial charge is 0.423 e. The van der Waals surface area contributed by atoms with Crippen LogP contribution in [0.15, 0.2) is 36.9 Å². The summed E-state index contributed by atoms with van der Waals surface area (Å²) in [6, 6.07) is 5.47. The molecule has 3 rings (SSSR count). The standard InChI is InChI=1S/C13H9Cl2N5O/c1-8-2-3-9(14)10(6-8)21-13-18-11(15)17-12(19-13)20-5-4-16-7-20/h2-7H,1H3. The van der Waals surface area contributed by atoms with Gasteiger partial charge in [-0.1, -0.05) is 17.7 Å². The van der Waals surface area contributed by atoms with E-state index >= 15 is 0 Å². The van der Waals surface area contributed by atoms with Gasteiger partial charge in [0, 0.05) is 12.4 Å². The molecule has 1 aromatic carbocycles. The van der Waals surface area contributed by atoms with Crippen LogP contribution in [0, 0.1) is 6.92 Å². The minimum absolute atomic E-state index is 0.0208. The van der Waals surface area contributed by atoms with Crippen LogP contribution in [0.3, 0.4) is 0 Å². The molecule has 0 radical (unpaired) electrons. The molecule has 0 aliphatic rings. The van der Waals surface area contributed by atoms with E-state index in [9.17, 15) is 0 Å². The maximum Gasteiger partial charge on any atom is 0.328 e. The number of rotatable bonds is 3. The first-order chi connectivity index (χ1) is 10.1. The van der Waals surface area contributed by atoms with Crippen LogP contribution >= 0.6 is 23.2 Å². The summed E-state index contributed by atoms with van der Waals surface area (Å²) in [7, 11) is 0. The van der Waals surface area contributed by atoms with Crippen molar-refractivity contribution in [3.63, 3.8) is 0 Å². The summed E-state index contributed by atoms with van der Waals surface area (Å²) in [6.45, 7) is 1.93. The Morgan fingerprint density at radius 2 is 2.00 bits per heavy atom. The van der Waals surface area contributed by atoms with Gasteiger partial charge < -0.3 is 4.74 Å². The summed E-state index contributed by atoms with van der Waals surface area (Å²) in [4.78, 5) is 16.1. The molecule has 0 aliphatic heterocycles. The Hall–Kier alpha value is -2.18. The van der Waals surface area contributed by atoms with Crippen molar-refractivity contribution < 1.29 is 4.74 Å². The minimum Gasteiger partial charge on any atom is -0.423 e. The van der Waals surface area contributed by atoms with Gasteiger partial charge >= 0.3 is 6.01 Å². The maximum atomic E-state index is 6.08. The Morgan fingerprint density at radius 3 is 2.76 bits per heavy atom. The van der Waals surface area contributed by atoms with Gasteiger partial charge in [-0.3, -0.25) is 4.57 Å². The topological polar surface area (TPSA) is 65.7 Å². The molecule has 6 nitrogen and oxygen atoms in total. The van der Waals surface area contributed by atoms with E-state index in [1.165, 1.54) is 0 Å². The highest BCUT2D eigenvalue weighted by Gasteiger charge is 2.10. The normalized spacial score (nSPS) is 10.6. The number of ether oxygens (including phenoxy) is 1. The molecule has 2 aromatic heterocycles. The molecule has 0 bridgehead atoms. The molecule has 0 aliphatic carbocycles. The zero-order valence-electron chi connectivity index (χ0n) is 10.9. The highest BCUT2D eigenvalue weighted by Crippen LogP contribution is 2.29. The quantitative estimate of drug-likeness (QED) is 0.739. The number of imidazole rings is 1. The number of benzene rings is 1. The average Bonchev–Trinajstić information content (AvgIpc) is 2.96. The molecule has 0 N–H and O–H groups in total. The predicted octanol–water partition coefficient (Wildman–Crippen LogP) is 3.46. The Balaban J connectivity index is 1.97. The lowest BCUT2D eigenvalue weighted by Crippen LogP contribution is -2.03. The number of nitrogens with zero attached hydrogens (tertiary/aromatic N) is 5. The molecule has 0 saturated heterocycles. The highest BCUT2D eigenvalue weighted by atomic mass is 35.5. The molecular weight excluding hydrogens is 313 g/mol. The van der Waals surface area contributed by atoms with Gasteiger partial charge in [-0.25, -0.2) is 4.98 Å². The summed E-state index contributed by atoms with van der Waals surface area (Å²) in [6.07, 6.45) is 4.85. The molecule has 0 spiro atoms. The molecule has 2 heterocycles. The van der Waals surface area contributed by atoms with Crippen molar-refractivity contribution in [1.82, 2.24) is 24.5 Å². The second-order valence-electron chi connectivity index (χ2n) is 4.19. The molecule has 0 unspecified atom stereocenters. The number of hydrogen-bond donors (Lipinski definition) is 0. The minimum atomic E-state index is 0.0208. The molecule has 0 amide bonds. The van der Waals surface area contributed by atoms with Crippen LogP contribution in [0.1, 0.15) is 5.56 Å². The molecule has 3 aromatic rings. The van der Waals surface area contributed by atoms with Crippen LogP contribution in [0.5, 0.6) is 11.8 Å². The van der Waals surface area contributed by atoms with Crippen LogP contribution in [0.25, 0.3) is 5.95 Å². The maximum absolute atomic E-state index is 6.08. The molecule has 21 heavy (non-hydrogen) atoms. The zero-order valence-corrected chi connectivity index (χ0v) is 12.4. The first-order valence-corrected chi connectivity index (χ1v) is 6.71. The van der Waals surface area contributed by atoms with Gasteiger partial charge in [-0.05, 0) is 36.2 Å². The fourth-order valence-corrected chi connectivity index (χ4v) is 1.95. The van der Waals surface area contributed by atoms with Crippen molar-refractivity contribution in [1.29, 1.82) is 0 Å². The highest BCUT2D eigenvalue weighted by molar-refractivity contribution is 6.32. The number of aryl methyl sites for hydroxylation is 1. The molecule has 106 valence electrons. The van der Waals surface area contributed by atoms with Gasteiger partial charge in [-0.2, -0.15) is 15.0 Å². The van der Waals surface area contributed by atoms with Crippen LogP contribution in [0.2, 0.25) is 10.3 Å². The van der Waals surface area contributed by atoms with E-state index < -0.39 is 0 Å². The number of halogens is 2. The molecule has 0 fully saturated rings. The van der Waals surface area contributed by atoms with Gasteiger partial charge in [0.15, 0.2) is 0 Å². The first kappa shape index (κ1) is 13.8. The van der Waals surface area contributed by atoms with Crippen LogP contribution in [0.4, 0.5) is 0 Å². The van der Waals surface area contributed by atoms with Crippen molar-refractivity contribution in [3.8, 4) is 17.7 Å². The molecular formula is C13H9Cl2N5O. The van der Waals surface area contributed by atoms with Crippen molar-refractivity contribution in [2.24, 2.45) is 0 Å². The lowest BCUT2D eigenvalue weighted by molar-refractivity contribution is 0.438. The lowest BCUT2D eigenvalue weighted by Gasteiger charge is -2.08. The molecule has 0 saturated carbocycles. The van der Waals surface area contributed by atoms with Gasteiger partial charge in [0.25, 0.3) is 0 Å². The SMILES string of the molecule is Cc1ccc(Cl)c(Oc2nc(Cl)nc(-n3ccnc3)n2)c1. The Kier molecular flexibility index (Phi) is 3.72. The van der Waals surface area contributed by atoms with E-state index in [2.05, 4.69) is 19.9 Å².